The molecule has 0 aliphatic carbocycles. The number of amides is 1. The van der Waals surface area contributed by atoms with Gasteiger partial charge in [-0.15, -0.1) is 0 Å². The molecule has 1 aliphatic heterocycles. The van der Waals surface area contributed by atoms with Crippen molar-refractivity contribution in [1.29, 1.82) is 0 Å². The quantitative estimate of drug-likeness (QED) is 0.846. The molecule has 1 amide bonds. The predicted octanol–water partition coefficient (Wildman–Crippen LogP) is 2.86. The number of hydrogen-bond acceptors (Lipinski definition) is 5. The molecule has 0 spiro atoms. The first-order valence-electron chi connectivity index (χ1n) is 7.66. The van der Waals surface area contributed by atoms with Crippen LogP contribution in [0.15, 0.2) is 23.5 Å². The van der Waals surface area contributed by atoms with Gasteiger partial charge in [-0.3, -0.25) is 9.58 Å². The lowest BCUT2D eigenvalue weighted by Crippen LogP contribution is -2.33. The fraction of sp³-hybridized carbons (Fsp3) is 0.533. The molecule has 0 aromatic carbocycles. The molecule has 3 heterocycles. The number of ether oxygens (including phenoxy) is 1. The van der Waals surface area contributed by atoms with E-state index in [1.54, 1.807) is 26.1 Å². The van der Waals surface area contributed by atoms with Crippen LogP contribution in [0.2, 0.25) is 0 Å². The van der Waals surface area contributed by atoms with Crippen molar-refractivity contribution in [3.05, 3.63) is 29.8 Å². The zero-order chi connectivity index (χ0) is 17.3. The standard InChI is InChI=1S/C15H20FN5O2S/c1-15(2,3)23-14(22)19-7-11-8-21(18-13(11)10-19)24-12-6-17-20(9-12)5-4-16/h6,8-9H,4-5,7,10H2,1-3H3. The number of carbonyl (C=O) groups is 1. The predicted molar refractivity (Wildman–Crippen MR) is 87.2 cm³/mol. The van der Waals surface area contributed by atoms with Crippen molar-refractivity contribution in [1.82, 2.24) is 23.9 Å². The number of fused-ring (bicyclic) bond motifs is 1. The van der Waals surface area contributed by atoms with Gasteiger partial charge in [0.15, 0.2) is 0 Å². The zero-order valence-electron chi connectivity index (χ0n) is 13.9. The van der Waals surface area contributed by atoms with E-state index in [2.05, 4.69) is 10.2 Å². The van der Waals surface area contributed by atoms with E-state index in [0.717, 1.165) is 16.2 Å². The molecule has 0 bridgehead atoms. The van der Waals surface area contributed by atoms with E-state index < -0.39 is 12.3 Å². The molecular weight excluding hydrogens is 333 g/mol. The van der Waals surface area contributed by atoms with Crippen molar-refractivity contribution in [2.45, 2.75) is 50.9 Å². The minimum Gasteiger partial charge on any atom is -0.444 e. The van der Waals surface area contributed by atoms with Crippen molar-refractivity contribution in [2.24, 2.45) is 0 Å². The molecule has 0 saturated carbocycles. The molecule has 7 nitrogen and oxygen atoms in total. The van der Waals surface area contributed by atoms with E-state index in [-0.39, 0.29) is 12.6 Å². The van der Waals surface area contributed by atoms with E-state index in [9.17, 15) is 9.18 Å². The Morgan fingerprint density at radius 2 is 2.17 bits per heavy atom. The third-order valence-electron chi connectivity index (χ3n) is 3.33. The summed E-state index contributed by atoms with van der Waals surface area (Å²) in [6, 6.07) is 0. The molecule has 0 unspecified atom stereocenters. The van der Waals surface area contributed by atoms with Crippen molar-refractivity contribution in [2.75, 3.05) is 6.67 Å². The van der Waals surface area contributed by atoms with Gasteiger partial charge in [-0.2, -0.15) is 10.2 Å². The van der Waals surface area contributed by atoms with E-state index in [1.807, 2.05) is 27.0 Å². The fourth-order valence-corrected chi connectivity index (χ4v) is 3.14. The molecule has 2 aromatic heterocycles. The third-order valence-corrected chi connectivity index (χ3v) is 4.13. The Kier molecular flexibility index (Phi) is 4.53. The normalized spacial score (nSPS) is 14.1. The molecule has 0 N–H and O–H groups in total. The van der Waals surface area contributed by atoms with Crippen molar-refractivity contribution in [3.63, 3.8) is 0 Å². The van der Waals surface area contributed by atoms with Gasteiger partial charge in [0.05, 0.1) is 36.4 Å². The van der Waals surface area contributed by atoms with Gasteiger partial charge in [-0.1, -0.05) is 0 Å². The molecule has 130 valence electrons. The van der Waals surface area contributed by atoms with Crippen LogP contribution in [0.5, 0.6) is 0 Å². The maximum Gasteiger partial charge on any atom is 0.410 e. The molecule has 0 radical (unpaired) electrons. The van der Waals surface area contributed by atoms with E-state index in [4.69, 9.17) is 4.74 Å². The van der Waals surface area contributed by atoms with Crippen LogP contribution >= 0.6 is 11.9 Å². The van der Waals surface area contributed by atoms with Crippen LogP contribution in [0.3, 0.4) is 0 Å². The van der Waals surface area contributed by atoms with Crippen LogP contribution in [-0.4, -0.2) is 42.2 Å². The number of alkyl halides is 1. The maximum absolute atomic E-state index is 12.3. The largest absolute Gasteiger partial charge is 0.444 e. The smallest absolute Gasteiger partial charge is 0.410 e. The van der Waals surface area contributed by atoms with Gasteiger partial charge < -0.3 is 4.74 Å². The first-order chi connectivity index (χ1) is 11.3. The van der Waals surface area contributed by atoms with Crippen LogP contribution in [0.25, 0.3) is 0 Å². The fourth-order valence-electron chi connectivity index (χ4n) is 2.34. The van der Waals surface area contributed by atoms with Gasteiger partial charge in [0, 0.05) is 29.9 Å². The van der Waals surface area contributed by atoms with Crippen LogP contribution in [0.4, 0.5) is 9.18 Å². The van der Waals surface area contributed by atoms with Crippen molar-refractivity contribution < 1.29 is 13.9 Å². The monoisotopic (exact) mass is 353 g/mol. The van der Waals surface area contributed by atoms with E-state index in [0.29, 0.717) is 13.1 Å². The van der Waals surface area contributed by atoms with E-state index in [1.165, 1.54) is 11.9 Å². The second kappa shape index (κ2) is 6.46. The first kappa shape index (κ1) is 16.8. The Bertz CT molecular complexity index is 713. The molecule has 1 aliphatic rings. The van der Waals surface area contributed by atoms with Crippen LogP contribution in [-0.2, 0) is 24.4 Å². The van der Waals surface area contributed by atoms with Gasteiger partial charge in [0.1, 0.15) is 12.3 Å². The Morgan fingerprint density at radius 3 is 2.83 bits per heavy atom. The number of aryl methyl sites for hydroxylation is 1. The Morgan fingerprint density at radius 1 is 1.38 bits per heavy atom. The minimum absolute atomic E-state index is 0.251. The van der Waals surface area contributed by atoms with Crippen LogP contribution < -0.4 is 0 Å². The number of carbonyl (C=O) groups excluding carboxylic acids is 1. The Labute approximate surface area is 143 Å². The molecule has 0 atom stereocenters. The molecule has 24 heavy (non-hydrogen) atoms. The third kappa shape index (κ3) is 3.89. The topological polar surface area (TPSA) is 65.2 Å². The number of hydrogen-bond donors (Lipinski definition) is 0. The number of nitrogens with zero attached hydrogens (tertiary/aromatic N) is 5. The summed E-state index contributed by atoms with van der Waals surface area (Å²) in [4.78, 5) is 14.6. The number of halogens is 1. The summed E-state index contributed by atoms with van der Waals surface area (Å²) in [7, 11) is 0. The van der Waals surface area contributed by atoms with Crippen molar-refractivity contribution in [3.8, 4) is 0 Å². The second-order valence-corrected chi connectivity index (χ2v) is 7.59. The Hall–Kier alpha value is -2.03. The second-order valence-electron chi connectivity index (χ2n) is 6.56. The summed E-state index contributed by atoms with van der Waals surface area (Å²) in [6.45, 7) is 6.29. The summed E-state index contributed by atoms with van der Waals surface area (Å²) in [6.07, 6.45) is 5.04. The summed E-state index contributed by atoms with van der Waals surface area (Å²) >= 11 is 1.40. The molecule has 0 saturated heterocycles. The van der Waals surface area contributed by atoms with Gasteiger partial charge in [0.25, 0.3) is 0 Å². The zero-order valence-corrected chi connectivity index (χ0v) is 14.7. The van der Waals surface area contributed by atoms with Gasteiger partial charge in [0.2, 0.25) is 0 Å². The van der Waals surface area contributed by atoms with Crippen LogP contribution in [0, 0.1) is 0 Å². The lowest BCUT2D eigenvalue weighted by molar-refractivity contribution is 0.0239. The lowest BCUT2D eigenvalue weighted by atomic mass is 10.2. The molecule has 3 rings (SSSR count). The highest BCUT2D eigenvalue weighted by atomic mass is 32.2. The highest BCUT2D eigenvalue weighted by Crippen LogP contribution is 2.27. The molecular formula is C15H20FN5O2S. The summed E-state index contributed by atoms with van der Waals surface area (Å²) in [5.41, 5.74) is 1.36. The molecule has 9 heteroatoms. The molecule has 0 fully saturated rings. The highest BCUT2D eigenvalue weighted by molar-refractivity contribution is 7.97. The summed E-state index contributed by atoms with van der Waals surface area (Å²) in [5.74, 6) is 0. The maximum atomic E-state index is 12.3. The minimum atomic E-state index is -0.507. The van der Waals surface area contributed by atoms with Gasteiger partial charge in [-0.25, -0.2) is 13.3 Å². The SMILES string of the molecule is CC(C)(C)OC(=O)N1Cc2cn(Sc3cnn(CCF)c3)nc2C1. The first-order valence-corrected chi connectivity index (χ1v) is 8.43. The average molecular weight is 353 g/mol. The van der Waals surface area contributed by atoms with Crippen LogP contribution in [0.1, 0.15) is 32.0 Å². The highest BCUT2D eigenvalue weighted by Gasteiger charge is 2.30. The Balaban J connectivity index is 1.61. The lowest BCUT2D eigenvalue weighted by Gasteiger charge is -2.24. The average Bonchev–Trinajstić information content (AvgIpc) is 3.12. The van der Waals surface area contributed by atoms with Crippen molar-refractivity contribution >= 4 is 18.0 Å². The number of rotatable bonds is 4. The summed E-state index contributed by atoms with van der Waals surface area (Å²) < 4.78 is 21.0. The van der Waals surface area contributed by atoms with E-state index >= 15 is 0 Å². The van der Waals surface area contributed by atoms with Gasteiger partial charge in [-0.05, 0) is 20.8 Å². The number of aromatic nitrogens is 4. The summed E-state index contributed by atoms with van der Waals surface area (Å²) in [5, 5.41) is 8.57. The molecule has 2 aromatic rings. The van der Waals surface area contributed by atoms with Gasteiger partial charge >= 0.3 is 6.09 Å².